The summed E-state index contributed by atoms with van der Waals surface area (Å²) in [7, 11) is 0. The van der Waals surface area contributed by atoms with Crippen molar-refractivity contribution in [2.45, 2.75) is 26.0 Å². The lowest BCUT2D eigenvalue weighted by Gasteiger charge is -2.14. The second kappa shape index (κ2) is 6.17. The molecular weight excluding hydrogens is 304 g/mol. The Bertz CT molecular complexity index is 540. The molecule has 4 heteroatoms. The van der Waals surface area contributed by atoms with Crippen molar-refractivity contribution in [2.75, 3.05) is 0 Å². The molecule has 0 fully saturated rings. The smallest absolute Gasteiger partial charge is 0.119 e. The third kappa shape index (κ3) is 3.78. The van der Waals surface area contributed by atoms with Gasteiger partial charge in [0.15, 0.2) is 0 Å². The first kappa shape index (κ1) is 14.0. The maximum absolute atomic E-state index is 6.23. The van der Waals surface area contributed by atoms with Crippen molar-refractivity contribution in [1.29, 1.82) is 0 Å². The summed E-state index contributed by atoms with van der Waals surface area (Å²) in [5.41, 5.74) is 8.25. The Morgan fingerprint density at radius 1 is 1.11 bits per heavy atom. The number of benzene rings is 1. The third-order valence-electron chi connectivity index (χ3n) is 2.70. The van der Waals surface area contributed by atoms with Crippen molar-refractivity contribution in [3.05, 3.63) is 58.3 Å². The van der Waals surface area contributed by atoms with E-state index in [0.717, 1.165) is 21.3 Å². The van der Waals surface area contributed by atoms with E-state index in [1.807, 2.05) is 44.2 Å². The van der Waals surface area contributed by atoms with E-state index in [4.69, 9.17) is 10.5 Å². The van der Waals surface area contributed by atoms with Crippen LogP contribution in [0.25, 0.3) is 0 Å². The molecule has 0 spiro atoms. The van der Waals surface area contributed by atoms with E-state index in [1.165, 1.54) is 0 Å². The lowest BCUT2D eigenvalue weighted by molar-refractivity contribution is 0.242. The SMILES string of the molecule is CC(C)Oc1ccc(C(N)c2cncc(Br)c2)cc1. The average Bonchev–Trinajstić information content (AvgIpc) is 2.38. The van der Waals surface area contributed by atoms with Crippen LogP contribution in [-0.4, -0.2) is 11.1 Å². The molecule has 1 heterocycles. The molecule has 0 radical (unpaired) electrons. The van der Waals surface area contributed by atoms with Crippen LogP contribution in [0.15, 0.2) is 47.2 Å². The summed E-state index contributed by atoms with van der Waals surface area (Å²) in [5.74, 6) is 0.860. The van der Waals surface area contributed by atoms with Crippen molar-refractivity contribution < 1.29 is 4.74 Å². The minimum atomic E-state index is -0.182. The summed E-state index contributed by atoms with van der Waals surface area (Å²) in [5, 5.41) is 0. The molecule has 0 saturated carbocycles. The van der Waals surface area contributed by atoms with Crippen molar-refractivity contribution in [1.82, 2.24) is 4.98 Å². The van der Waals surface area contributed by atoms with Crippen LogP contribution in [0.2, 0.25) is 0 Å². The number of rotatable bonds is 4. The van der Waals surface area contributed by atoms with Crippen molar-refractivity contribution in [3.63, 3.8) is 0 Å². The fraction of sp³-hybridized carbons (Fsp3) is 0.267. The number of hydrogen-bond acceptors (Lipinski definition) is 3. The van der Waals surface area contributed by atoms with Gasteiger partial charge in [-0.1, -0.05) is 12.1 Å². The van der Waals surface area contributed by atoms with Gasteiger partial charge < -0.3 is 10.5 Å². The van der Waals surface area contributed by atoms with Crippen LogP contribution in [-0.2, 0) is 0 Å². The van der Waals surface area contributed by atoms with Gasteiger partial charge in [-0.2, -0.15) is 0 Å². The molecular formula is C15H17BrN2O. The summed E-state index contributed by atoms with van der Waals surface area (Å²) in [6.45, 7) is 4.01. The molecule has 2 N–H and O–H groups in total. The minimum absolute atomic E-state index is 0.175. The Morgan fingerprint density at radius 3 is 2.37 bits per heavy atom. The highest BCUT2D eigenvalue weighted by Gasteiger charge is 2.10. The third-order valence-corrected chi connectivity index (χ3v) is 3.13. The van der Waals surface area contributed by atoms with Crippen LogP contribution in [0.1, 0.15) is 31.0 Å². The van der Waals surface area contributed by atoms with E-state index in [1.54, 1.807) is 12.4 Å². The second-order valence-electron chi connectivity index (χ2n) is 4.65. The van der Waals surface area contributed by atoms with Crippen molar-refractivity contribution >= 4 is 15.9 Å². The van der Waals surface area contributed by atoms with Gasteiger partial charge in [-0.15, -0.1) is 0 Å². The Kier molecular flexibility index (Phi) is 4.56. The zero-order valence-corrected chi connectivity index (χ0v) is 12.6. The van der Waals surface area contributed by atoms with Gasteiger partial charge in [0.2, 0.25) is 0 Å². The molecule has 100 valence electrons. The van der Waals surface area contributed by atoms with Gasteiger partial charge in [0.25, 0.3) is 0 Å². The highest BCUT2D eigenvalue weighted by Crippen LogP contribution is 2.23. The number of halogens is 1. The van der Waals surface area contributed by atoms with E-state index >= 15 is 0 Å². The number of hydrogen-bond donors (Lipinski definition) is 1. The van der Waals surface area contributed by atoms with Crippen LogP contribution in [0.4, 0.5) is 0 Å². The van der Waals surface area contributed by atoms with Crippen LogP contribution in [0.5, 0.6) is 5.75 Å². The van der Waals surface area contributed by atoms with E-state index in [-0.39, 0.29) is 12.1 Å². The first-order chi connectivity index (χ1) is 9.06. The highest BCUT2D eigenvalue weighted by atomic mass is 79.9. The zero-order chi connectivity index (χ0) is 13.8. The fourth-order valence-electron chi connectivity index (χ4n) is 1.82. The molecule has 0 amide bonds. The van der Waals surface area contributed by atoms with E-state index < -0.39 is 0 Å². The van der Waals surface area contributed by atoms with Crippen LogP contribution < -0.4 is 10.5 Å². The van der Waals surface area contributed by atoms with E-state index in [2.05, 4.69) is 20.9 Å². The molecule has 1 aromatic carbocycles. The van der Waals surface area contributed by atoms with E-state index in [0.29, 0.717) is 0 Å². The summed E-state index contributed by atoms with van der Waals surface area (Å²) < 4.78 is 6.54. The predicted octanol–water partition coefficient (Wildman–Crippen LogP) is 3.68. The highest BCUT2D eigenvalue weighted by molar-refractivity contribution is 9.10. The quantitative estimate of drug-likeness (QED) is 0.934. The average molecular weight is 321 g/mol. The molecule has 2 aromatic rings. The Balaban J connectivity index is 2.17. The summed E-state index contributed by atoms with van der Waals surface area (Å²) in [6, 6.07) is 9.67. The summed E-state index contributed by atoms with van der Waals surface area (Å²) in [6.07, 6.45) is 3.71. The van der Waals surface area contributed by atoms with Crippen LogP contribution in [0.3, 0.4) is 0 Å². The summed E-state index contributed by atoms with van der Waals surface area (Å²) in [4.78, 5) is 4.14. The molecule has 0 aliphatic rings. The van der Waals surface area contributed by atoms with Crippen molar-refractivity contribution in [3.8, 4) is 5.75 Å². The molecule has 3 nitrogen and oxygen atoms in total. The molecule has 0 bridgehead atoms. The number of ether oxygens (including phenoxy) is 1. The molecule has 19 heavy (non-hydrogen) atoms. The predicted molar refractivity (Wildman–Crippen MR) is 80.2 cm³/mol. The minimum Gasteiger partial charge on any atom is -0.491 e. The van der Waals surface area contributed by atoms with E-state index in [9.17, 15) is 0 Å². The first-order valence-corrected chi connectivity index (χ1v) is 6.98. The summed E-state index contributed by atoms with van der Waals surface area (Å²) >= 11 is 3.40. The Morgan fingerprint density at radius 2 is 1.79 bits per heavy atom. The van der Waals surface area contributed by atoms with Gasteiger partial charge in [-0.25, -0.2) is 0 Å². The van der Waals surface area contributed by atoms with Gasteiger partial charge in [0.1, 0.15) is 5.75 Å². The van der Waals surface area contributed by atoms with Crippen LogP contribution >= 0.6 is 15.9 Å². The van der Waals surface area contributed by atoms with Gasteiger partial charge in [0.05, 0.1) is 12.1 Å². The fourth-order valence-corrected chi connectivity index (χ4v) is 2.20. The molecule has 0 aliphatic heterocycles. The number of pyridine rings is 1. The normalized spacial score (nSPS) is 12.5. The number of nitrogens with two attached hydrogens (primary N) is 1. The number of nitrogens with zero attached hydrogens (tertiary/aromatic N) is 1. The van der Waals surface area contributed by atoms with Gasteiger partial charge >= 0.3 is 0 Å². The molecule has 2 rings (SSSR count). The van der Waals surface area contributed by atoms with Gasteiger partial charge in [-0.3, -0.25) is 4.98 Å². The lowest BCUT2D eigenvalue weighted by Crippen LogP contribution is -2.12. The molecule has 1 atom stereocenters. The molecule has 1 unspecified atom stereocenters. The molecule has 1 aromatic heterocycles. The van der Waals surface area contributed by atoms with Gasteiger partial charge in [0, 0.05) is 16.9 Å². The topological polar surface area (TPSA) is 48.1 Å². The largest absolute Gasteiger partial charge is 0.491 e. The Labute approximate surface area is 121 Å². The maximum atomic E-state index is 6.23. The first-order valence-electron chi connectivity index (χ1n) is 6.19. The zero-order valence-electron chi connectivity index (χ0n) is 11.0. The monoisotopic (exact) mass is 320 g/mol. The van der Waals surface area contributed by atoms with Crippen molar-refractivity contribution in [2.24, 2.45) is 5.73 Å². The molecule has 0 aliphatic carbocycles. The van der Waals surface area contributed by atoms with Gasteiger partial charge in [-0.05, 0) is 59.1 Å². The standard InChI is InChI=1S/C15H17BrN2O/c1-10(2)19-14-5-3-11(4-6-14)15(17)12-7-13(16)9-18-8-12/h3-10,15H,17H2,1-2H3. The lowest BCUT2D eigenvalue weighted by atomic mass is 10.0. The second-order valence-corrected chi connectivity index (χ2v) is 5.57. The van der Waals surface area contributed by atoms with Crippen LogP contribution in [0, 0.1) is 0 Å². The Hall–Kier alpha value is -1.39. The molecule has 0 saturated heterocycles. The maximum Gasteiger partial charge on any atom is 0.119 e. The number of aromatic nitrogens is 1.